The maximum Gasteiger partial charge on any atom is 0.285 e. The molecule has 2 aromatic heterocycles. The second kappa shape index (κ2) is 14.1. The zero-order valence-electron chi connectivity index (χ0n) is 27.8. The zero-order valence-corrected chi connectivity index (χ0v) is 27.8. The van der Waals surface area contributed by atoms with Crippen LogP contribution in [0.5, 0.6) is 0 Å². The number of unbranched alkanes of at least 4 members (excludes halogenated alkanes) is 1. The number of benzene rings is 4. The van der Waals surface area contributed by atoms with E-state index in [4.69, 9.17) is 15.4 Å². The van der Waals surface area contributed by atoms with Crippen molar-refractivity contribution >= 4 is 39.4 Å². The summed E-state index contributed by atoms with van der Waals surface area (Å²) < 4.78 is 7.53. The molecule has 1 aliphatic heterocycles. The van der Waals surface area contributed by atoms with Gasteiger partial charge in [-0.25, -0.2) is 0 Å². The highest BCUT2D eigenvalue weighted by Gasteiger charge is 2.23. The minimum absolute atomic E-state index is 0.102. The van der Waals surface area contributed by atoms with E-state index in [0.29, 0.717) is 33.4 Å². The number of hydrogen-bond acceptors (Lipinski definition) is 8. The molecule has 0 aliphatic carbocycles. The van der Waals surface area contributed by atoms with Crippen LogP contribution in [0, 0.1) is 34.0 Å². The van der Waals surface area contributed by atoms with Crippen LogP contribution in [0.3, 0.4) is 0 Å². The number of fused-ring (bicyclic) bond motifs is 2. The van der Waals surface area contributed by atoms with E-state index in [1.165, 1.54) is 0 Å². The number of carbonyl (C=O) groups is 2. The van der Waals surface area contributed by atoms with Gasteiger partial charge in [-0.1, -0.05) is 12.1 Å². The number of primary amides is 1. The monoisotopic (exact) mass is 671 g/mol. The number of nitrogens with zero attached hydrogens (tertiary/aromatic N) is 6. The number of rotatable bonds is 9. The van der Waals surface area contributed by atoms with Crippen molar-refractivity contribution in [1.82, 2.24) is 9.47 Å². The first kappa shape index (κ1) is 32.9. The number of carbonyl (C=O) groups excluding carboxylic acids is 2. The summed E-state index contributed by atoms with van der Waals surface area (Å²) in [5, 5.41) is 29.6. The fourth-order valence-corrected chi connectivity index (χ4v) is 6.90. The Hall–Kier alpha value is -6.67. The maximum atomic E-state index is 13.5. The lowest BCUT2D eigenvalue weighted by atomic mass is 10.00. The first-order chi connectivity index (χ1) is 24.9. The summed E-state index contributed by atoms with van der Waals surface area (Å²) in [6.07, 6.45) is 4.58. The van der Waals surface area contributed by atoms with Crippen LogP contribution in [0.1, 0.15) is 56.0 Å². The third kappa shape index (κ3) is 6.55. The van der Waals surface area contributed by atoms with Crippen molar-refractivity contribution in [2.45, 2.75) is 19.3 Å². The molecule has 0 radical (unpaired) electrons. The molecule has 1 saturated heterocycles. The van der Waals surface area contributed by atoms with Gasteiger partial charge in [0.1, 0.15) is 5.58 Å². The topological polar surface area (TPSA) is 156 Å². The standard InChI is InChI=1S/C41H33N7O3/c42-23-27-4-9-30(10-5-27)38-35-22-33(13-15-37(35)51-39(38)40(45)49)47-19-17-46(18-20-47)16-2-1-3-32-26-48(36-14-8-29(25-44)21-34(32)36)41(50)31-11-6-28(24-43)7-12-31/h4-15,21-22,26H,1-3,16-20H2,(H2,45,49). The number of aryl methyl sites for hydroxylation is 1. The summed E-state index contributed by atoms with van der Waals surface area (Å²) in [4.78, 5) is 30.6. The van der Waals surface area contributed by atoms with Gasteiger partial charge in [0.05, 0.1) is 40.4 Å². The predicted octanol–water partition coefficient (Wildman–Crippen LogP) is 6.60. The quantitative estimate of drug-likeness (QED) is 0.169. The summed E-state index contributed by atoms with van der Waals surface area (Å²) >= 11 is 0. The molecule has 0 bridgehead atoms. The number of furan rings is 1. The summed E-state index contributed by atoms with van der Waals surface area (Å²) in [5.41, 5.74) is 12.6. The average Bonchev–Trinajstić information content (AvgIpc) is 3.75. The minimum Gasteiger partial charge on any atom is -0.450 e. The van der Waals surface area contributed by atoms with E-state index in [9.17, 15) is 20.1 Å². The van der Waals surface area contributed by atoms with Crippen LogP contribution in [-0.2, 0) is 6.42 Å². The van der Waals surface area contributed by atoms with E-state index in [1.54, 1.807) is 59.2 Å². The molecule has 0 unspecified atom stereocenters. The molecule has 1 aliphatic rings. The van der Waals surface area contributed by atoms with Gasteiger partial charge >= 0.3 is 0 Å². The average molecular weight is 672 g/mol. The van der Waals surface area contributed by atoms with Crippen LogP contribution in [0.4, 0.5) is 5.69 Å². The van der Waals surface area contributed by atoms with E-state index in [1.807, 2.05) is 30.5 Å². The van der Waals surface area contributed by atoms with Crippen LogP contribution in [0.2, 0.25) is 0 Å². The van der Waals surface area contributed by atoms with Gasteiger partial charge in [0.25, 0.3) is 11.8 Å². The normalized spacial score (nSPS) is 13.2. The molecule has 0 saturated carbocycles. The summed E-state index contributed by atoms with van der Waals surface area (Å²) in [7, 11) is 0. The van der Waals surface area contributed by atoms with Gasteiger partial charge in [-0.3, -0.25) is 19.1 Å². The van der Waals surface area contributed by atoms with Crippen LogP contribution >= 0.6 is 0 Å². The van der Waals surface area contributed by atoms with Crippen molar-refractivity contribution in [2.75, 3.05) is 37.6 Å². The van der Waals surface area contributed by atoms with Crippen LogP contribution in [0.25, 0.3) is 33.0 Å². The number of piperazine rings is 1. The highest BCUT2D eigenvalue weighted by molar-refractivity contribution is 6.08. The lowest BCUT2D eigenvalue weighted by Crippen LogP contribution is -2.46. The van der Waals surface area contributed by atoms with Gasteiger partial charge in [0, 0.05) is 60.0 Å². The minimum atomic E-state index is -0.644. The molecule has 250 valence electrons. The van der Waals surface area contributed by atoms with Crippen molar-refractivity contribution in [3.05, 3.63) is 125 Å². The van der Waals surface area contributed by atoms with Gasteiger partial charge in [0.15, 0.2) is 5.76 Å². The number of nitriles is 3. The van der Waals surface area contributed by atoms with Crippen molar-refractivity contribution in [3.8, 4) is 29.3 Å². The summed E-state index contributed by atoms with van der Waals surface area (Å²) in [6, 6.07) is 31.4. The van der Waals surface area contributed by atoms with E-state index in [0.717, 1.165) is 85.1 Å². The van der Waals surface area contributed by atoms with Gasteiger partial charge in [0.2, 0.25) is 0 Å². The molecule has 2 N–H and O–H groups in total. The van der Waals surface area contributed by atoms with E-state index in [2.05, 4.69) is 34.1 Å². The smallest absolute Gasteiger partial charge is 0.285 e. The van der Waals surface area contributed by atoms with Crippen LogP contribution in [0.15, 0.2) is 95.5 Å². The van der Waals surface area contributed by atoms with Crippen molar-refractivity contribution in [1.29, 1.82) is 15.8 Å². The molecule has 1 fully saturated rings. The highest BCUT2D eigenvalue weighted by atomic mass is 16.3. The molecule has 0 atom stereocenters. The van der Waals surface area contributed by atoms with E-state index < -0.39 is 5.91 Å². The first-order valence-electron chi connectivity index (χ1n) is 16.8. The van der Waals surface area contributed by atoms with E-state index >= 15 is 0 Å². The lowest BCUT2D eigenvalue weighted by molar-refractivity contribution is 0.0961. The Morgan fingerprint density at radius 3 is 2.08 bits per heavy atom. The van der Waals surface area contributed by atoms with Crippen LogP contribution < -0.4 is 10.6 Å². The molecule has 10 nitrogen and oxygen atoms in total. The lowest BCUT2D eigenvalue weighted by Gasteiger charge is -2.36. The number of hydrogen-bond donors (Lipinski definition) is 1. The maximum absolute atomic E-state index is 13.5. The Labute approximate surface area is 294 Å². The van der Waals surface area contributed by atoms with Crippen molar-refractivity contribution in [2.24, 2.45) is 5.73 Å². The molecule has 3 heterocycles. The molecule has 6 aromatic rings. The summed E-state index contributed by atoms with van der Waals surface area (Å²) in [6.45, 7) is 4.46. The Morgan fingerprint density at radius 2 is 1.41 bits per heavy atom. The SMILES string of the molecule is N#Cc1ccc(C(=O)n2cc(CCCCN3CCN(c4ccc5oc(C(N)=O)c(-c6ccc(C#N)cc6)c5c4)CC3)c3cc(C#N)ccc32)cc1. The third-order valence-electron chi connectivity index (χ3n) is 9.60. The fourth-order valence-electron chi connectivity index (χ4n) is 6.90. The van der Waals surface area contributed by atoms with Crippen molar-refractivity contribution < 1.29 is 14.0 Å². The zero-order chi connectivity index (χ0) is 35.5. The number of aromatic nitrogens is 1. The molecule has 51 heavy (non-hydrogen) atoms. The second-order valence-corrected chi connectivity index (χ2v) is 12.7. The second-order valence-electron chi connectivity index (χ2n) is 12.7. The Balaban J connectivity index is 0.995. The molecule has 4 aromatic carbocycles. The van der Waals surface area contributed by atoms with Crippen LogP contribution in [-0.4, -0.2) is 54.0 Å². The summed E-state index contributed by atoms with van der Waals surface area (Å²) in [5.74, 6) is -0.719. The largest absolute Gasteiger partial charge is 0.450 e. The van der Waals surface area contributed by atoms with Gasteiger partial charge in [-0.15, -0.1) is 0 Å². The van der Waals surface area contributed by atoms with Gasteiger partial charge in [-0.05, 0) is 110 Å². The van der Waals surface area contributed by atoms with E-state index in [-0.39, 0.29) is 11.7 Å². The molecule has 10 heteroatoms. The number of anilines is 1. The van der Waals surface area contributed by atoms with Gasteiger partial charge < -0.3 is 15.1 Å². The predicted molar refractivity (Wildman–Crippen MR) is 194 cm³/mol. The molecular formula is C41H33N7O3. The third-order valence-corrected chi connectivity index (χ3v) is 9.60. The Bertz CT molecular complexity index is 2410. The molecular weight excluding hydrogens is 638 g/mol. The highest BCUT2D eigenvalue weighted by Crippen LogP contribution is 2.37. The Kier molecular flexibility index (Phi) is 9.05. The van der Waals surface area contributed by atoms with Gasteiger partial charge in [-0.2, -0.15) is 15.8 Å². The molecule has 0 spiro atoms. The number of amides is 1. The van der Waals surface area contributed by atoms with Crippen molar-refractivity contribution in [3.63, 3.8) is 0 Å². The number of nitrogens with two attached hydrogens (primary N) is 1. The molecule has 1 amide bonds. The Morgan fingerprint density at radius 1 is 0.745 bits per heavy atom. The fraction of sp³-hybridized carbons (Fsp3) is 0.195. The molecule has 7 rings (SSSR count). The first-order valence-corrected chi connectivity index (χ1v) is 16.8.